The number of hydrogen-bond acceptors (Lipinski definition) is 5. The van der Waals surface area contributed by atoms with Crippen LogP contribution in [-0.2, 0) is 19.8 Å². The normalized spacial score (nSPS) is 11.6. The highest BCUT2D eigenvalue weighted by atomic mass is 19.4. The third-order valence-corrected chi connectivity index (χ3v) is 2.11. The zero-order valence-corrected chi connectivity index (χ0v) is 9.61. The first-order chi connectivity index (χ1) is 8.86. The number of hydrogen-bond donors (Lipinski definition) is 1. The van der Waals surface area contributed by atoms with Gasteiger partial charge >= 0.3 is 6.18 Å². The summed E-state index contributed by atoms with van der Waals surface area (Å²) in [4.78, 5) is 4.27. The van der Waals surface area contributed by atoms with Gasteiger partial charge in [-0.15, -0.1) is 10.2 Å². The summed E-state index contributed by atoms with van der Waals surface area (Å²) >= 11 is 0. The van der Waals surface area contributed by atoms with Crippen molar-refractivity contribution in [2.75, 3.05) is 5.32 Å². The minimum absolute atomic E-state index is 0.0953. The van der Waals surface area contributed by atoms with Gasteiger partial charge in [-0.25, -0.2) is 9.37 Å². The Kier molecular flexibility index (Phi) is 3.32. The molecule has 0 aliphatic carbocycles. The van der Waals surface area contributed by atoms with Crippen LogP contribution in [0.3, 0.4) is 0 Å². The molecule has 10 heteroatoms. The van der Waals surface area contributed by atoms with Crippen LogP contribution >= 0.6 is 0 Å². The smallest absolute Gasteiger partial charge is 0.376 e. The van der Waals surface area contributed by atoms with Crippen LogP contribution in [0.1, 0.15) is 11.5 Å². The summed E-state index contributed by atoms with van der Waals surface area (Å²) in [6.07, 6.45) is -3.92. The maximum absolute atomic E-state index is 13.2. The molecule has 19 heavy (non-hydrogen) atoms. The zero-order chi connectivity index (χ0) is 14.0. The molecule has 0 saturated carbocycles. The topological polar surface area (TPSA) is 68.5 Å². The van der Waals surface area contributed by atoms with E-state index < -0.39 is 17.7 Å². The summed E-state index contributed by atoms with van der Waals surface area (Å²) in [5, 5.41) is 13.7. The van der Waals surface area contributed by atoms with E-state index in [1.54, 1.807) is 7.05 Å². The predicted molar refractivity (Wildman–Crippen MR) is 55.3 cm³/mol. The lowest BCUT2D eigenvalue weighted by Crippen LogP contribution is -2.12. The van der Waals surface area contributed by atoms with E-state index in [1.807, 2.05) is 0 Å². The molecule has 2 rings (SSSR count). The van der Waals surface area contributed by atoms with E-state index in [9.17, 15) is 17.6 Å². The van der Waals surface area contributed by atoms with Crippen LogP contribution in [0.2, 0.25) is 0 Å². The number of nitrogens with one attached hydrogen (secondary N) is 1. The molecule has 6 nitrogen and oxygen atoms in total. The fourth-order valence-corrected chi connectivity index (χ4v) is 1.32. The maximum Gasteiger partial charge on any atom is 0.436 e. The lowest BCUT2D eigenvalue weighted by Gasteiger charge is -2.08. The van der Waals surface area contributed by atoms with Gasteiger partial charge in [-0.3, -0.25) is 0 Å². The van der Waals surface area contributed by atoms with E-state index in [0.29, 0.717) is 11.9 Å². The standard InChI is InChI=1S/C9H8F4N6/c1-19-17-7(16-18-19)4-14-5-2-6(10)8(15-3-5)9(11,12)13/h2-3,14H,4H2,1H3. The van der Waals surface area contributed by atoms with Crippen molar-refractivity contribution in [1.29, 1.82) is 0 Å². The Labute approximate surface area is 104 Å². The van der Waals surface area contributed by atoms with Crippen LogP contribution in [-0.4, -0.2) is 25.2 Å². The minimum atomic E-state index is -4.81. The highest BCUT2D eigenvalue weighted by Crippen LogP contribution is 2.30. The van der Waals surface area contributed by atoms with Crippen molar-refractivity contribution in [3.8, 4) is 0 Å². The number of nitrogens with zero attached hydrogens (tertiary/aromatic N) is 5. The second kappa shape index (κ2) is 4.78. The molecule has 0 spiro atoms. The van der Waals surface area contributed by atoms with Gasteiger partial charge in [-0.2, -0.15) is 18.0 Å². The van der Waals surface area contributed by atoms with Crippen molar-refractivity contribution in [2.45, 2.75) is 12.7 Å². The summed E-state index contributed by atoms with van der Waals surface area (Å²) in [5.74, 6) is -1.12. The van der Waals surface area contributed by atoms with E-state index in [1.165, 1.54) is 4.80 Å². The van der Waals surface area contributed by atoms with E-state index in [-0.39, 0.29) is 12.2 Å². The van der Waals surface area contributed by atoms with Crippen molar-refractivity contribution in [3.05, 3.63) is 29.6 Å². The van der Waals surface area contributed by atoms with E-state index in [4.69, 9.17) is 0 Å². The van der Waals surface area contributed by atoms with Gasteiger partial charge in [-0.05, 0) is 5.21 Å². The molecule has 2 aromatic rings. The van der Waals surface area contributed by atoms with Gasteiger partial charge in [0.05, 0.1) is 25.5 Å². The quantitative estimate of drug-likeness (QED) is 0.858. The zero-order valence-electron chi connectivity index (χ0n) is 9.61. The number of anilines is 1. The first-order valence-electron chi connectivity index (χ1n) is 5.06. The summed E-state index contributed by atoms with van der Waals surface area (Å²) < 4.78 is 50.0. The molecule has 0 saturated heterocycles. The van der Waals surface area contributed by atoms with Crippen molar-refractivity contribution < 1.29 is 17.6 Å². The summed E-state index contributed by atoms with van der Waals surface area (Å²) in [6.45, 7) is 0.0975. The highest BCUT2D eigenvalue weighted by Gasteiger charge is 2.36. The largest absolute Gasteiger partial charge is 0.436 e. The Hall–Kier alpha value is -2.26. The Morgan fingerprint density at radius 2 is 2.11 bits per heavy atom. The van der Waals surface area contributed by atoms with Crippen molar-refractivity contribution in [3.63, 3.8) is 0 Å². The summed E-state index contributed by atoms with van der Waals surface area (Å²) in [5.41, 5.74) is -1.45. The molecule has 0 radical (unpaired) electrons. The van der Waals surface area contributed by atoms with Crippen molar-refractivity contribution in [1.82, 2.24) is 25.2 Å². The lowest BCUT2D eigenvalue weighted by atomic mass is 10.3. The predicted octanol–water partition coefficient (Wildman–Crippen LogP) is 1.38. The highest BCUT2D eigenvalue weighted by molar-refractivity contribution is 5.42. The van der Waals surface area contributed by atoms with Crippen LogP contribution in [0, 0.1) is 5.82 Å². The molecule has 0 fully saturated rings. The molecule has 0 amide bonds. The van der Waals surface area contributed by atoms with Crippen molar-refractivity contribution in [2.24, 2.45) is 7.05 Å². The van der Waals surface area contributed by atoms with Gasteiger partial charge < -0.3 is 5.32 Å². The molecule has 2 aromatic heterocycles. The van der Waals surface area contributed by atoms with Gasteiger partial charge in [0.2, 0.25) is 0 Å². The number of halogens is 4. The molecule has 0 aliphatic rings. The first kappa shape index (κ1) is 13.2. The Balaban J connectivity index is 2.08. The second-order valence-corrected chi connectivity index (χ2v) is 3.60. The number of aromatic nitrogens is 5. The number of aryl methyl sites for hydroxylation is 1. The minimum Gasteiger partial charge on any atom is -0.376 e. The average Bonchev–Trinajstić information content (AvgIpc) is 2.71. The number of pyridine rings is 1. The van der Waals surface area contributed by atoms with Gasteiger partial charge in [0.15, 0.2) is 17.3 Å². The van der Waals surface area contributed by atoms with Crippen LogP contribution in [0.25, 0.3) is 0 Å². The second-order valence-electron chi connectivity index (χ2n) is 3.60. The Bertz CT molecular complexity index is 578. The third kappa shape index (κ3) is 3.14. The van der Waals surface area contributed by atoms with Gasteiger partial charge in [-0.1, -0.05) is 0 Å². The molecular formula is C9H8F4N6. The summed E-state index contributed by atoms with van der Waals surface area (Å²) in [7, 11) is 1.57. The molecule has 1 N–H and O–H groups in total. The first-order valence-corrected chi connectivity index (χ1v) is 5.06. The fraction of sp³-hybridized carbons (Fsp3) is 0.333. The molecule has 0 aromatic carbocycles. The molecule has 102 valence electrons. The van der Waals surface area contributed by atoms with Crippen LogP contribution < -0.4 is 5.32 Å². The fourth-order valence-electron chi connectivity index (χ4n) is 1.32. The number of tetrazole rings is 1. The maximum atomic E-state index is 13.2. The van der Waals surface area contributed by atoms with Crippen LogP contribution in [0.4, 0.5) is 23.2 Å². The average molecular weight is 276 g/mol. The van der Waals surface area contributed by atoms with Gasteiger partial charge in [0.25, 0.3) is 0 Å². The van der Waals surface area contributed by atoms with Crippen LogP contribution in [0.5, 0.6) is 0 Å². The third-order valence-electron chi connectivity index (χ3n) is 2.11. The van der Waals surface area contributed by atoms with E-state index in [0.717, 1.165) is 6.20 Å². The monoisotopic (exact) mass is 276 g/mol. The molecule has 2 heterocycles. The molecule has 0 aliphatic heterocycles. The van der Waals surface area contributed by atoms with Gasteiger partial charge in [0.1, 0.15) is 0 Å². The van der Waals surface area contributed by atoms with E-state index >= 15 is 0 Å². The Morgan fingerprint density at radius 1 is 1.37 bits per heavy atom. The number of rotatable bonds is 3. The summed E-state index contributed by atoms with van der Waals surface area (Å²) in [6, 6.07) is 0.714. The van der Waals surface area contributed by atoms with Crippen molar-refractivity contribution >= 4 is 5.69 Å². The van der Waals surface area contributed by atoms with Gasteiger partial charge in [0, 0.05) is 6.07 Å². The molecule has 0 bridgehead atoms. The SMILES string of the molecule is Cn1nnc(CNc2cnc(C(F)(F)F)c(F)c2)n1. The van der Waals surface area contributed by atoms with E-state index in [2.05, 4.69) is 25.7 Å². The molecule has 0 atom stereocenters. The molecular weight excluding hydrogens is 268 g/mol. The van der Waals surface area contributed by atoms with Crippen LogP contribution in [0.15, 0.2) is 12.3 Å². The number of alkyl halides is 3. The molecule has 0 unspecified atom stereocenters. The Morgan fingerprint density at radius 3 is 2.63 bits per heavy atom. The lowest BCUT2D eigenvalue weighted by molar-refractivity contribution is -0.143.